The molecular weight excluding hydrogens is 232 g/mol. The molecule has 0 amide bonds. The van der Waals surface area contributed by atoms with E-state index >= 15 is 0 Å². The van der Waals surface area contributed by atoms with Gasteiger partial charge in [0.05, 0.1) is 12.2 Å². The molecule has 0 bridgehead atoms. The Kier molecular flexibility index (Phi) is 2.49. The van der Waals surface area contributed by atoms with Crippen LogP contribution in [0.2, 0.25) is 0 Å². The summed E-state index contributed by atoms with van der Waals surface area (Å²) in [6, 6.07) is 17.7. The van der Waals surface area contributed by atoms with Crippen molar-refractivity contribution in [2.45, 2.75) is 37.9 Å². The van der Waals surface area contributed by atoms with E-state index in [-0.39, 0.29) is 6.10 Å². The lowest BCUT2D eigenvalue weighted by atomic mass is 9.87. The third-order valence-electron chi connectivity index (χ3n) is 4.53. The fourth-order valence-corrected chi connectivity index (χ4v) is 3.70. The molecule has 19 heavy (non-hydrogen) atoms. The predicted molar refractivity (Wildman–Crippen MR) is 76.3 cm³/mol. The fourth-order valence-electron chi connectivity index (χ4n) is 3.70. The first-order valence-electron chi connectivity index (χ1n) is 7.14. The van der Waals surface area contributed by atoms with Gasteiger partial charge in [-0.1, -0.05) is 48.5 Å². The monoisotopic (exact) mass is 250 g/mol. The van der Waals surface area contributed by atoms with Gasteiger partial charge in [-0.05, 0) is 42.0 Å². The molecule has 0 aromatic heterocycles. The molecule has 0 spiro atoms. The minimum atomic E-state index is 0.245. The molecule has 1 fully saturated rings. The summed E-state index contributed by atoms with van der Waals surface area (Å²) in [6.45, 7) is 2.19. The van der Waals surface area contributed by atoms with Crippen LogP contribution in [0.3, 0.4) is 0 Å². The van der Waals surface area contributed by atoms with Crippen molar-refractivity contribution in [2.24, 2.45) is 0 Å². The van der Waals surface area contributed by atoms with E-state index in [2.05, 4.69) is 55.5 Å². The van der Waals surface area contributed by atoms with Gasteiger partial charge in [0.2, 0.25) is 0 Å². The molecule has 1 saturated heterocycles. The molecule has 1 aliphatic heterocycles. The van der Waals surface area contributed by atoms with Gasteiger partial charge in [-0.2, -0.15) is 0 Å². The van der Waals surface area contributed by atoms with Crippen molar-refractivity contribution in [3.05, 3.63) is 70.8 Å². The lowest BCUT2D eigenvalue weighted by Gasteiger charge is -2.19. The molecule has 2 aromatic rings. The molecule has 3 unspecified atom stereocenters. The van der Waals surface area contributed by atoms with Crippen LogP contribution < -0.4 is 0 Å². The number of rotatable bonds is 0. The Morgan fingerprint density at radius 1 is 0.895 bits per heavy atom. The molecule has 3 atom stereocenters. The predicted octanol–water partition coefficient (Wildman–Crippen LogP) is 4.22. The average molecular weight is 250 g/mol. The largest absolute Gasteiger partial charge is 0.370 e. The lowest BCUT2D eigenvalue weighted by molar-refractivity contribution is 0.0510. The molecule has 0 N–H and O–H groups in total. The highest BCUT2D eigenvalue weighted by Crippen LogP contribution is 2.48. The number of fused-ring (bicyclic) bond motifs is 5. The summed E-state index contributed by atoms with van der Waals surface area (Å²) in [7, 11) is 0. The van der Waals surface area contributed by atoms with Crippen molar-refractivity contribution in [1.29, 1.82) is 0 Å². The van der Waals surface area contributed by atoms with Crippen molar-refractivity contribution < 1.29 is 4.74 Å². The second kappa shape index (κ2) is 4.21. The highest BCUT2D eigenvalue weighted by Gasteiger charge is 2.38. The van der Waals surface area contributed by atoms with Crippen LogP contribution in [0.4, 0.5) is 0 Å². The Labute approximate surface area is 114 Å². The Morgan fingerprint density at radius 3 is 2.32 bits per heavy atom. The summed E-state index contributed by atoms with van der Waals surface area (Å²) in [6.07, 6.45) is 2.77. The second-order valence-corrected chi connectivity index (χ2v) is 5.78. The summed E-state index contributed by atoms with van der Waals surface area (Å²) in [5.74, 6) is 0.523. The number of hydrogen-bond acceptors (Lipinski definition) is 1. The molecule has 0 saturated carbocycles. The first-order chi connectivity index (χ1) is 9.33. The Hall–Kier alpha value is -1.60. The van der Waals surface area contributed by atoms with Crippen molar-refractivity contribution in [1.82, 2.24) is 0 Å². The van der Waals surface area contributed by atoms with E-state index in [1.807, 2.05) is 0 Å². The van der Waals surface area contributed by atoms with E-state index in [1.54, 1.807) is 0 Å². The highest BCUT2D eigenvalue weighted by molar-refractivity contribution is 5.44. The standard InChI is InChI=1S/C18H18O/c1-12-10-17-15-8-4-2-6-13(15)11-14-7-3-5-9-16(14)18(17)19-12/h2-9,12,17-18H,10-11H2,1H3. The summed E-state index contributed by atoms with van der Waals surface area (Å²) >= 11 is 0. The van der Waals surface area contributed by atoms with Crippen molar-refractivity contribution in [3.63, 3.8) is 0 Å². The minimum absolute atomic E-state index is 0.245. The maximum Gasteiger partial charge on any atom is 0.0900 e. The van der Waals surface area contributed by atoms with Crippen LogP contribution in [-0.4, -0.2) is 6.10 Å². The first kappa shape index (κ1) is 11.2. The van der Waals surface area contributed by atoms with Gasteiger partial charge in [0.15, 0.2) is 0 Å². The first-order valence-corrected chi connectivity index (χ1v) is 7.14. The SMILES string of the molecule is CC1CC2c3ccccc3Cc3ccccc3C2O1. The van der Waals surface area contributed by atoms with Gasteiger partial charge in [-0.3, -0.25) is 0 Å². The maximum absolute atomic E-state index is 6.23. The van der Waals surface area contributed by atoms with Crippen LogP contribution in [0.1, 0.15) is 47.6 Å². The van der Waals surface area contributed by atoms with Gasteiger partial charge in [0.1, 0.15) is 0 Å². The van der Waals surface area contributed by atoms with E-state index < -0.39 is 0 Å². The molecule has 1 heterocycles. The molecule has 1 heteroatoms. The minimum Gasteiger partial charge on any atom is -0.370 e. The van der Waals surface area contributed by atoms with Crippen LogP contribution in [0.15, 0.2) is 48.5 Å². The number of ether oxygens (including phenoxy) is 1. The van der Waals surface area contributed by atoms with E-state index in [9.17, 15) is 0 Å². The molecule has 0 radical (unpaired) electrons. The lowest BCUT2D eigenvalue weighted by Crippen LogP contribution is -2.06. The van der Waals surface area contributed by atoms with Gasteiger partial charge >= 0.3 is 0 Å². The van der Waals surface area contributed by atoms with Gasteiger partial charge in [-0.15, -0.1) is 0 Å². The van der Waals surface area contributed by atoms with Gasteiger partial charge in [0, 0.05) is 5.92 Å². The zero-order chi connectivity index (χ0) is 12.8. The summed E-state index contributed by atoms with van der Waals surface area (Å²) in [5, 5.41) is 0. The summed E-state index contributed by atoms with van der Waals surface area (Å²) < 4.78 is 6.23. The maximum atomic E-state index is 6.23. The van der Waals surface area contributed by atoms with Crippen molar-refractivity contribution >= 4 is 0 Å². The fraction of sp³-hybridized carbons (Fsp3) is 0.333. The smallest absolute Gasteiger partial charge is 0.0900 e. The molecule has 96 valence electrons. The van der Waals surface area contributed by atoms with E-state index in [4.69, 9.17) is 4.74 Å². The third-order valence-corrected chi connectivity index (χ3v) is 4.53. The number of benzene rings is 2. The molecule has 1 nitrogen and oxygen atoms in total. The van der Waals surface area contributed by atoms with Gasteiger partial charge in [-0.25, -0.2) is 0 Å². The number of hydrogen-bond donors (Lipinski definition) is 0. The van der Waals surface area contributed by atoms with Crippen LogP contribution in [-0.2, 0) is 11.2 Å². The average Bonchev–Trinajstić information content (AvgIpc) is 2.76. The van der Waals surface area contributed by atoms with E-state index in [1.165, 1.54) is 22.3 Å². The van der Waals surface area contributed by atoms with Crippen molar-refractivity contribution in [2.75, 3.05) is 0 Å². The molecule has 2 aliphatic rings. The Morgan fingerprint density at radius 2 is 1.53 bits per heavy atom. The second-order valence-electron chi connectivity index (χ2n) is 5.78. The topological polar surface area (TPSA) is 9.23 Å². The van der Waals surface area contributed by atoms with Crippen LogP contribution in [0.5, 0.6) is 0 Å². The van der Waals surface area contributed by atoms with E-state index in [0.29, 0.717) is 12.0 Å². The summed E-state index contributed by atoms with van der Waals surface area (Å²) in [5.41, 5.74) is 5.79. The Bertz CT molecular complexity index is 563. The Balaban J connectivity index is 1.93. The molecular formula is C18H18O. The van der Waals surface area contributed by atoms with E-state index in [0.717, 1.165) is 12.8 Å². The highest BCUT2D eigenvalue weighted by atomic mass is 16.5. The van der Waals surface area contributed by atoms with Crippen molar-refractivity contribution in [3.8, 4) is 0 Å². The molecule has 2 aromatic carbocycles. The third kappa shape index (κ3) is 1.73. The van der Waals surface area contributed by atoms with Crippen LogP contribution in [0.25, 0.3) is 0 Å². The zero-order valence-corrected chi connectivity index (χ0v) is 11.2. The van der Waals surface area contributed by atoms with Crippen LogP contribution in [0, 0.1) is 0 Å². The summed E-state index contributed by atoms with van der Waals surface area (Å²) in [4.78, 5) is 0. The quantitative estimate of drug-likeness (QED) is 0.680. The van der Waals surface area contributed by atoms with Crippen LogP contribution >= 0.6 is 0 Å². The molecule has 4 rings (SSSR count). The molecule has 1 aliphatic carbocycles. The normalized spacial score (nSPS) is 28.2. The zero-order valence-electron chi connectivity index (χ0n) is 11.2. The van der Waals surface area contributed by atoms with Gasteiger partial charge in [0.25, 0.3) is 0 Å². The van der Waals surface area contributed by atoms with Gasteiger partial charge < -0.3 is 4.74 Å².